The molecule has 0 aromatic carbocycles. The van der Waals surface area contributed by atoms with E-state index in [0.29, 0.717) is 6.04 Å². The molecular formula is C11H21NO2S. The first kappa shape index (κ1) is 12.8. The number of hydrogen-bond acceptors (Lipinski definition) is 4. The number of nitrogens with one attached hydrogen (secondary N) is 1. The van der Waals surface area contributed by atoms with Gasteiger partial charge in [0.05, 0.1) is 13.0 Å². The highest BCUT2D eigenvalue weighted by Crippen LogP contribution is 2.18. The molecule has 0 amide bonds. The Kier molecular flexibility index (Phi) is 5.47. The second-order valence-electron chi connectivity index (χ2n) is 4.15. The molecule has 2 atom stereocenters. The van der Waals surface area contributed by atoms with Crippen LogP contribution in [-0.2, 0) is 9.53 Å². The van der Waals surface area contributed by atoms with Gasteiger partial charge in [-0.25, -0.2) is 0 Å². The van der Waals surface area contributed by atoms with Gasteiger partial charge < -0.3 is 10.1 Å². The quantitative estimate of drug-likeness (QED) is 0.747. The maximum atomic E-state index is 11.3. The zero-order valence-corrected chi connectivity index (χ0v) is 10.6. The molecule has 0 radical (unpaired) electrons. The van der Waals surface area contributed by atoms with Gasteiger partial charge in [0, 0.05) is 12.1 Å². The van der Waals surface area contributed by atoms with Gasteiger partial charge in [-0.1, -0.05) is 6.92 Å². The van der Waals surface area contributed by atoms with E-state index in [2.05, 4.69) is 12.2 Å². The number of esters is 1. The zero-order valence-electron chi connectivity index (χ0n) is 9.79. The molecule has 3 nitrogen and oxygen atoms in total. The predicted octanol–water partition coefficient (Wildman–Crippen LogP) is 1.67. The minimum atomic E-state index is -0.125. The maximum Gasteiger partial charge on any atom is 0.309 e. The molecule has 1 rings (SSSR count). The van der Waals surface area contributed by atoms with E-state index in [1.165, 1.54) is 31.5 Å². The molecule has 1 aliphatic heterocycles. The second kappa shape index (κ2) is 6.38. The van der Waals surface area contributed by atoms with Gasteiger partial charge in [0.25, 0.3) is 0 Å². The van der Waals surface area contributed by atoms with Gasteiger partial charge in [-0.3, -0.25) is 4.79 Å². The van der Waals surface area contributed by atoms with Gasteiger partial charge in [-0.2, -0.15) is 11.8 Å². The molecule has 1 fully saturated rings. The van der Waals surface area contributed by atoms with Crippen LogP contribution < -0.4 is 5.32 Å². The molecule has 0 spiro atoms. The molecule has 1 heterocycles. The Bertz CT molecular complexity index is 205. The first-order valence-corrected chi connectivity index (χ1v) is 6.72. The summed E-state index contributed by atoms with van der Waals surface area (Å²) in [7, 11) is 1.45. The van der Waals surface area contributed by atoms with Crippen molar-refractivity contribution in [3.63, 3.8) is 0 Å². The van der Waals surface area contributed by atoms with Crippen LogP contribution in [0.3, 0.4) is 0 Å². The summed E-state index contributed by atoms with van der Waals surface area (Å²) in [6.45, 7) is 3.98. The Morgan fingerprint density at radius 3 is 2.53 bits per heavy atom. The predicted molar refractivity (Wildman–Crippen MR) is 64.1 cm³/mol. The number of hydrogen-bond donors (Lipinski definition) is 1. The van der Waals surface area contributed by atoms with E-state index < -0.39 is 0 Å². The normalized spacial score (nSPS) is 22.1. The lowest BCUT2D eigenvalue weighted by atomic mass is 10.0. The van der Waals surface area contributed by atoms with Crippen molar-refractivity contribution < 1.29 is 9.53 Å². The average molecular weight is 231 g/mol. The highest BCUT2D eigenvalue weighted by atomic mass is 32.2. The molecule has 4 heteroatoms. The number of rotatable bonds is 4. The molecule has 88 valence electrons. The van der Waals surface area contributed by atoms with Crippen molar-refractivity contribution in [3.05, 3.63) is 0 Å². The van der Waals surface area contributed by atoms with E-state index in [1.807, 2.05) is 18.7 Å². The summed E-state index contributed by atoms with van der Waals surface area (Å²) >= 11 is 2.01. The molecule has 1 aliphatic rings. The molecule has 1 N–H and O–H groups in total. The maximum absolute atomic E-state index is 11.3. The van der Waals surface area contributed by atoms with Crippen LogP contribution in [0.1, 0.15) is 26.7 Å². The SMILES string of the molecule is COC(=O)C(C)C(C)NC1CCSCC1. The van der Waals surface area contributed by atoms with Crippen molar-refractivity contribution in [3.8, 4) is 0 Å². The van der Waals surface area contributed by atoms with Gasteiger partial charge >= 0.3 is 5.97 Å². The van der Waals surface area contributed by atoms with Crippen molar-refractivity contribution >= 4 is 17.7 Å². The Hall–Kier alpha value is -0.220. The molecule has 0 aliphatic carbocycles. The van der Waals surface area contributed by atoms with Crippen LogP contribution in [0.5, 0.6) is 0 Å². The van der Waals surface area contributed by atoms with E-state index in [-0.39, 0.29) is 17.9 Å². The van der Waals surface area contributed by atoms with Gasteiger partial charge in [0.15, 0.2) is 0 Å². The van der Waals surface area contributed by atoms with Crippen LogP contribution in [0.2, 0.25) is 0 Å². The highest BCUT2D eigenvalue weighted by Gasteiger charge is 2.23. The minimum absolute atomic E-state index is 0.0652. The molecule has 0 aromatic heterocycles. The second-order valence-corrected chi connectivity index (χ2v) is 5.38. The fraction of sp³-hybridized carbons (Fsp3) is 0.909. The molecule has 1 saturated heterocycles. The molecular weight excluding hydrogens is 210 g/mol. The summed E-state index contributed by atoms with van der Waals surface area (Å²) in [6.07, 6.45) is 2.42. The van der Waals surface area contributed by atoms with E-state index >= 15 is 0 Å². The minimum Gasteiger partial charge on any atom is -0.469 e. The third-order valence-electron chi connectivity index (χ3n) is 3.04. The Morgan fingerprint density at radius 1 is 1.40 bits per heavy atom. The summed E-state index contributed by atoms with van der Waals surface area (Å²) in [5, 5.41) is 3.52. The van der Waals surface area contributed by atoms with Crippen LogP contribution in [0.15, 0.2) is 0 Å². The standard InChI is InChI=1S/C11H21NO2S/c1-8(11(13)14-3)9(2)12-10-4-6-15-7-5-10/h8-10,12H,4-7H2,1-3H3. The lowest BCUT2D eigenvalue weighted by molar-refractivity contribution is -0.145. The lowest BCUT2D eigenvalue weighted by Crippen LogP contribution is -2.44. The zero-order chi connectivity index (χ0) is 11.3. The molecule has 15 heavy (non-hydrogen) atoms. The van der Waals surface area contributed by atoms with Gasteiger partial charge in [0.2, 0.25) is 0 Å². The third kappa shape index (κ3) is 4.03. The number of thioether (sulfide) groups is 1. The monoisotopic (exact) mass is 231 g/mol. The van der Waals surface area contributed by atoms with E-state index in [1.54, 1.807) is 0 Å². The molecule has 2 unspecified atom stereocenters. The van der Waals surface area contributed by atoms with Gasteiger partial charge in [-0.15, -0.1) is 0 Å². The van der Waals surface area contributed by atoms with Crippen molar-refractivity contribution in [2.45, 2.75) is 38.8 Å². The highest BCUT2D eigenvalue weighted by molar-refractivity contribution is 7.99. The van der Waals surface area contributed by atoms with Crippen molar-refractivity contribution in [1.82, 2.24) is 5.32 Å². The summed E-state index contributed by atoms with van der Waals surface area (Å²) in [5.74, 6) is 2.28. The van der Waals surface area contributed by atoms with E-state index in [0.717, 1.165) is 0 Å². The first-order valence-electron chi connectivity index (χ1n) is 5.56. The van der Waals surface area contributed by atoms with Crippen LogP contribution in [0, 0.1) is 5.92 Å². The Morgan fingerprint density at radius 2 is 2.00 bits per heavy atom. The van der Waals surface area contributed by atoms with E-state index in [9.17, 15) is 4.79 Å². The first-order chi connectivity index (χ1) is 7.15. The molecule has 0 aromatic rings. The van der Waals surface area contributed by atoms with Crippen molar-refractivity contribution in [1.29, 1.82) is 0 Å². The van der Waals surface area contributed by atoms with Crippen LogP contribution in [0.4, 0.5) is 0 Å². The van der Waals surface area contributed by atoms with Crippen LogP contribution in [-0.4, -0.2) is 36.7 Å². The number of ether oxygens (including phenoxy) is 1. The number of carbonyl (C=O) groups is 1. The number of methoxy groups -OCH3 is 1. The van der Waals surface area contributed by atoms with Crippen molar-refractivity contribution in [2.24, 2.45) is 5.92 Å². The molecule has 0 bridgehead atoms. The largest absolute Gasteiger partial charge is 0.469 e. The lowest BCUT2D eigenvalue weighted by Gasteiger charge is -2.28. The summed E-state index contributed by atoms with van der Waals surface area (Å²) in [5.41, 5.74) is 0. The smallest absolute Gasteiger partial charge is 0.309 e. The van der Waals surface area contributed by atoms with E-state index in [4.69, 9.17) is 4.74 Å². The van der Waals surface area contributed by atoms with Crippen molar-refractivity contribution in [2.75, 3.05) is 18.6 Å². The average Bonchev–Trinajstić information content (AvgIpc) is 2.28. The van der Waals surface area contributed by atoms with Gasteiger partial charge in [-0.05, 0) is 31.3 Å². The fourth-order valence-corrected chi connectivity index (χ4v) is 2.88. The Balaban J connectivity index is 2.32. The Labute approximate surface area is 96.3 Å². The van der Waals surface area contributed by atoms with Gasteiger partial charge in [0.1, 0.15) is 0 Å². The van der Waals surface area contributed by atoms with Crippen LogP contribution in [0.25, 0.3) is 0 Å². The summed E-state index contributed by atoms with van der Waals surface area (Å²) in [6, 6.07) is 0.777. The third-order valence-corrected chi connectivity index (χ3v) is 4.09. The van der Waals surface area contributed by atoms with Crippen LogP contribution >= 0.6 is 11.8 Å². The topological polar surface area (TPSA) is 38.3 Å². The fourth-order valence-electron chi connectivity index (χ4n) is 1.77. The summed E-state index contributed by atoms with van der Waals surface area (Å²) < 4.78 is 4.74. The summed E-state index contributed by atoms with van der Waals surface area (Å²) in [4.78, 5) is 11.3. The number of carbonyl (C=O) groups excluding carboxylic acids is 1. The molecule has 0 saturated carbocycles.